The summed E-state index contributed by atoms with van der Waals surface area (Å²) in [5.74, 6) is 0.427. The quantitative estimate of drug-likeness (QED) is 0.768. The highest BCUT2D eigenvalue weighted by molar-refractivity contribution is 5.14. The van der Waals surface area contributed by atoms with Gasteiger partial charge in [0, 0.05) is 13.7 Å². The van der Waals surface area contributed by atoms with Crippen LogP contribution in [0, 0.1) is 5.92 Å². The molecule has 0 spiro atoms. The van der Waals surface area contributed by atoms with Gasteiger partial charge in [0.2, 0.25) is 0 Å². The molecule has 0 bridgehead atoms. The van der Waals surface area contributed by atoms with Crippen molar-refractivity contribution >= 4 is 0 Å². The number of aliphatic hydroxyl groups is 1. The Labute approximate surface area is 98.3 Å². The molecule has 1 aromatic rings. The molecule has 0 heterocycles. The molecule has 0 aliphatic heterocycles. The highest BCUT2D eigenvalue weighted by atomic mass is 16.5. The lowest BCUT2D eigenvalue weighted by Gasteiger charge is -2.15. The Bertz CT molecular complexity index is 271. The van der Waals surface area contributed by atoms with Gasteiger partial charge in [0.05, 0.1) is 6.10 Å². The van der Waals surface area contributed by atoms with Crippen molar-refractivity contribution in [3.63, 3.8) is 0 Å². The Morgan fingerprint density at radius 1 is 1.25 bits per heavy atom. The highest BCUT2D eigenvalue weighted by Gasteiger charge is 2.10. The number of rotatable bonds is 7. The van der Waals surface area contributed by atoms with Gasteiger partial charge in [0.15, 0.2) is 0 Å². The van der Waals surface area contributed by atoms with Crippen LogP contribution in [0.3, 0.4) is 0 Å². The van der Waals surface area contributed by atoms with E-state index < -0.39 is 0 Å². The van der Waals surface area contributed by atoms with E-state index in [0.29, 0.717) is 5.92 Å². The van der Waals surface area contributed by atoms with Gasteiger partial charge < -0.3 is 9.84 Å². The Morgan fingerprint density at radius 3 is 2.56 bits per heavy atom. The first-order chi connectivity index (χ1) is 7.72. The number of hydrogen-bond donors (Lipinski definition) is 1. The molecule has 90 valence electrons. The average Bonchev–Trinajstić information content (AvgIpc) is 2.28. The van der Waals surface area contributed by atoms with Crippen molar-refractivity contribution in [2.45, 2.75) is 32.3 Å². The fraction of sp³-hybridized carbons (Fsp3) is 0.571. The molecule has 2 nitrogen and oxygen atoms in total. The molecule has 2 unspecified atom stereocenters. The van der Waals surface area contributed by atoms with E-state index in [0.717, 1.165) is 25.9 Å². The molecule has 16 heavy (non-hydrogen) atoms. The third-order valence-corrected chi connectivity index (χ3v) is 2.73. The average molecular weight is 222 g/mol. The fourth-order valence-electron chi connectivity index (χ4n) is 1.91. The van der Waals surface area contributed by atoms with E-state index in [4.69, 9.17) is 4.74 Å². The Kier molecular flexibility index (Phi) is 6.12. The SMILES string of the molecule is COCC(C)CC(O)CCc1ccccc1. The normalized spacial score (nSPS) is 14.7. The summed E-state index contributed by atoms with van der Waals surface area (Å²) in [6.45, 7) is 2.83. The predicted molar refractivity (Wildman–Crippen MR) is 66.4 cm³/mol. The number of ether oxygens (including phenoxy) is 1. The monoisotopic (exact) mass is 222 g/mol. The van der Waals surface area contributed by atoms with Gasteiger partial charge in [-0.2, -0.15) is 0 Å². The maximum absolute atomic E-state index is 9.85. The molecule has 2 heteroatoms. The number of hydrogen-bond acceptors (Lipinski definition) is 2. The van der Waals surface area contributed by atoms with E-state index in [1.807, 2.05) is 18.2 Å². The van der Waals surface area contributed by atoms with Crippen LogP contribution in [0.4, 0.5) is 0 Å². The zero-order valence-corrected chi connectivity index (χ0v) is 10.2. The lowest BCUT2D eigenvalue weighted by atomic mass is 9.99. The molecule has 2 atom stereocenters. The van der Waals surface area contributed by atoms with Gasteiger partial charge in [-0.05, 0) is 30.7 Å². The second-order valence-electron chi connectivity index (χ2n) is 4.47. The van der Waals surface area contributed by atoms with Crippen LogP contribution < -0.4 is 0 Å². The van der Waals surface area contributed by atoms with E-state index in [-0.39, 0.29) is 6.10 Å². The topological polar surface area (TPSA) is 29.5 Å². The third kappa shape index (κ3) is 5.29. The van der Waals surface area contributed by atoms with E-state index in [1.165, 1.54) is 5.56 Å². The van der Waals surface area contributed by atoms with Crippen LogP contribution in [0.15, 0.2) is 30.3 Å². The standard InChI is InChI=1S/C14H22O2/c1-12(11-16-2)10-14(15)9-8-13-6-4-3-5-7-13/h3-7,12,14-15H,8-11H2,1-2H3. The maximum Gasteiger partial charge on any atom is 0.0546 e. The Hall–Kier alpha value is -0.860. The zero-order chi connectivity index (χ0) is 11.8. The minimum absolute atomic E-state index is 0.217. The molecule has 1 aromatic carbocycles. The summed E-state index contributed by atoms with van der Waals surface area (Å²) in [7, 11) is 1.70. The molecule has 1 N–H and O–H groups in total. The van der Waals surface area contributed by atoms with Crippen molar-refractivity contribution in [3.05, 3.63) is 35.9 Å². The van der Waals surface area contributed by atoms with Crippen molar-refractivity contribution in [3.8, 4) is 0 Å². The molecule has 0 saturated heterocycles. The molecule has 0 saturated carbocycles. The van der Waals surface area contributed by atoms with Gasteiger partial charge in [0.1, 0.15) is 0 Å². The Morgan fingerprint density at radius 2 is 1.94 bits per heavy atom. The largest absolute Gasteiger partial charge is 0.393 e. The Balaban J connectivity index is 2.22. The van der Waals surface area contributed by atoms with E-state index in [2.05, 4.69) is 19.1 Å². The summed E-state index contributed by atoms with van der Waals surface area (Å²) in [5.41, 5.74) is 1.29. The smallest absolute Gasteiger partial charge is 0.0546 e. The minimum atomic E-state index is -0.217. The van der Waals surface area contributed by atoms with Crippen molar-refractivity contribution in [2.75, 3.05) is 13.7 Å². The molecular weight excluding hydrogens is 200 g/mol. The molecule has 1 rings (SSSR count). The van der Waals surface area contributed by atoms with Crippen LogP contribution in [-0.4, -0.2) is 24.9 Å². The van der Waals surface area contributed by atoms with Crippen LogP contribution in [0.25, 0.3) is 0 Å². The lowest BCUT2D eigenvalue weighted by Crippen LogP contribution is -2.15. The summed E-state index contributed by atoms with van der Waals surface area (Å²) >= 11 is 0. The minimum Gasteiger partial charge on any atom is -0.393 e. The van der Waals surface area contributed by atoms with E-state index >= 15 is 0 Å². The van der Waals surface area contributed by atoms with Gasteiger partial charge in [-0.3, -0.25) is 0 Å². The summed E-state index contributed by atoms with van der Waals surface area (Å²) in [4.78, 5) is 0. The van der Waals surface area contributed by atoms with Crippen LogP contribution >= 0.6 is 0 Å². The molecule has 0 aromatic heterocycles. The van der Waals surface area contributed by atoms with Crippen molar-refractivity contribution in [1.82, 2.24) is 0 Å². The fourth-order valence-corrected chi connectivity index (χ4v) is 1.91. The van der Waals surface area contributed by atoms with Crippen molar-refractivity contribution in [1.29, 1.82) is 0 Å². The van der Waals surface area contributed by atoms with E-state index in [1.54, 1.807) is 7.11 Å². The first-order valence-electron chi connectivity index (χ1n) is 5.93. The molecule has 0 radical (unpaired) electrons. The summed E-state index contributed by atoms with van der Waals surface area (Å²) < 4.78 is 5.06. The molecule has 0 aliphatic rings. The van der Waals surface area contributed by atoms with E-state index in [9.17, 15) is 5.11 Å². The highest BCUT2D eigenvalue weighted by Crippen LogP contribution is 2.12. The molecule has 0 aliphatic carbocycles. The van der Waals surface area contributed by atoms with Gasteiger partial charge in [-0.15, -0.1) is 0 Å². The molecule has 0 amide bonds. The van der Waals surface area contributed by atoms with Crippen LogP contribution in [0.2, 0.25) is 0 Å². The van der Waals surface area contributed by atoms with Crippen LogP contribution in [-0.2, 0) is 11.2 Å². The van der Waals surface area contributed by atoms with Crippen LogP contribution in [0.5, 0.6) is 0 Å². The number of aliphatic hydroxyl groups excluding tert-OH is 1. The van der Waals surface area contributed by atoms with Crippen molar-refractivity contribution in [2.24, 2.45) is 5.92 Å². The van der Waals surface area contributed by atoms with Gasteiger partial charge in [-0.25, -0.2) is 0 Å². The van der Waals surface area contributed by atoms with Crippen LogP contribution in [0.1, 0.15) is 25.3 Å². The number of aryl methyl sites for hydroxylation is 1. The second kappa shape index (κ2) is 7.42. The summed E-state index contributed by atoms with van der Waals surface area (Å²) in [6.07, 6.45) is 2.38. The van der Waals surface area contributed by atoms with Crippen molar-refractivity contribution < 1.29 is 9.84 Å². The maximum atomic E-state index is 9.85. The summed E-state index contributed by atoms with van der Waals surface area (Å²) in [5, 5.41) is 9.85. The zero-order valence-electron chi connectivity index (χ0n) is 10.2. The first kappa shape index (κ1) is 13.2. The predicted octanol–water partition coefficient (Wildman–Crippen LogP) is 2.65. The first-order valence-corrected chi connectivity index (χ1v) is 5.93. The van der Waals surface area contributed by atoms with Gasteiger partial charge >= 0.3 is 0 Å². The lowest BCUT2D eigenvalue weighted by molar-refractivity contribution is 0.0967. The third-order valence-electron chi connectivity index (χ3n) is 2.73. The second-order valence-corrected chi connectivity index (χ2v) is 4.47. The number of benzene rings is 1. The molecular formula is C14H22O2. The van der Waals surface area contributed by atoms with Gasteiger partial charge in [0.25, 0.3) is 0 Å². The number of methoxy groups -OCH3 is 1. The summed E-state index contributed by atoms with van der Waals surface area (Å²) in [6, 6.07) is 10.3. The van der Waals surface area contributed by atoms with Gasteiger partial charge in [-0.1, -0.05) is 37.3 Å². The molecule has 0 fully saturated rings.